The lowest BCUT2D eigenvalue weighted by atomic mass is 10.1. The van der Waals surface area contributed by atoms with E-state index in [4.69, 9.17) is 10.8 Å². The topological polar surface area (TPSA) is 58.3 Å². The number of hydrogen-bond acceptors (Lipinski definition) is 3. The molecule has 4 N–H and O–H groups in total. The molecule has 0 radical (unpaired) electrons. The molecule has 11 heavy (non-hydrogen) atoms. The average molecular weight is 154 g/mol. The Bertz CT molecular complexity index is 185. The third kappa shape index (κ3) is 2.06. The molecule has 0 fully saturated rings. The van der Waals surface area contributed by atoms with Gasteiger partial charge in [-0.2, -0.15) is 0 Å². The molecule has 0 saturated carbocycles. The van der Waals surface area contributed by atoms with E-state index in [0.717, 1.165) is 12.0 Å². The van der Waals surface area contributed by atoms with Gasteiger partial charge in [-0.1, -0.05) is 19.1 Å². The van der Waals surface area contributed by atoms with Gasteiger partial charge in [0, 0.05) is 17.8 Å². The van der Waals surface area contributed by atoms with Gasteiger partial charge >= 0.3 is 0 Å². The molecule has 0 saturated heterocycles. The van der Waals surface area contributed by atoms with Gasteiger partial charge in [0.1, 0.15) is 6.23 Å². The summed E-state index contributed by atoms with van der Waals surface area (Å²) < 4.78 is 0. The Morgan fingerprint density at radius 2 is 2.55 bits per heavy atom. The van der Waals surface area contributed by atoms with Crippen molar-refractivity contribution in [3.63, 3.8) is 0 Å². The number of dihydropyridines is 1. The zero-order chi connectivity index (χ0) is 8.27. The third-order valence-corrected chi connectivity index (χ3v) is 1.77. The Labute approximate surface area is 66.6 Å². The molecule has 0 aromatic carbocycles. The fourth-order valence-electron chi connectivity index (χ4n) is 0.972. The van der Waals surface area contributed by atoms with Crippen molar-refractivity contribution in [3.8, 4) is 0 Å². The van der Waals surface area contributed by atoms with E-state index in [2.05, 4.69) is 12.2 Å². The molecule has 2 atom stereocenters. The van der Waals surface area contributed by atoms with Gasteiger partial charge in [0.2, 0.25) is 0 Å². The van der Waals surface area contributed by atoms with Crippen LogP contribution in [0.15, 0.2) is 23.9 Å². The molecule has 3 nitrogen and oxygen atoms in total. The standard InChI is InChI=1S/C8H14N2O/c1-2-7-4-3-6(5-10-7)8(9)11/h3-5,7-8,10-11H,2,9H2,1H3. The largest absolute Gasteiger partial charge is 0.384 e. The summed E-state index contributed by atoms with van der Waals surface area (Å²) in [6.07, 6.45) is 5.80. The highest BCUT2D eigenvalue weighted by Crippen LogP contribution is 2.07. The van der Waals surface area contributed by atoms with Crippen LogP contribution in [0.1, 0.15) is 13.3 Å². The van der Waals surface area contributed by atoms with Crippen LogP contribution in [0.25, 0.3) is 0 Å². The maximum Gasteiger partial charge on any atom is 0.129 e. The molecular formula is C8H14N2O. The van der Waals surface area contributed by atoms with Crippen LogP contribution >= 0.6 is 0 Å². The lowest BCUT2D eigenvalue weighted by Crippen LogP contribution is -2.29. The minimum atomic E-state index is -0.864. The second-order valence-corrected chi connectivity index (χ2v) is 2.63. The van der Waals surface area contributed by atoms with Gasteiger partial charge in [-0.25, -0.2) is 0 Å². The highest BCUT2D eigenvalue weighted by Gasteiger charge is 2.08. The molecule has 1 heterocycles. The number of nitrogens with two attached hydrogens (primary N) is 1. The normalized spacial score (nSPS) is 25.7. The van der Waals surface area contributed by atoms with Crippen molar-refractivity contribution in [3.05, 3.63) is 23.9 Å². The molecule has 0 aromatic rings. The Morgan fingerprint density at radius 1 is 1.82 bits per heavy atom. The minimum absolute atomic E-state index is 0.387. The van der Waals surface area contributed by atoms with E-state index in [1.807, 2.05) is 12.2 Å². The number of hydrogen-bond donors (Lipinski definition) is 3. The van der Waals surface area contributed by atoms with E-state index in [9.17, 15) is 0 Å². The zero-order valence-corrected chi connectivity index (χ0v) is 6.62. The predicted molar refractivity (Wildman–Crippen MR) is 44.6 cm³/mol. The summed E-state index contributed by atoms with van der Waals surface area (Å²) in [5, 5.41) is 12.1. The summed E-state index contributed by atoms with van der Waals surface area (Å²) in [6.45, 7) is 2.10. The first kappa shape index (κ1) is 8.30. The molecule has 1 aliphatic rings. The van der Waals surface area contributed by atoms with Crippen molar-refractivity contribution in [2.45, 2.75) is 25.6 Å². The highest BCUT2D eigenvalue weighted by molar-refractivity contribution is 5.26. The van der Waals surface area contributed by atoms with Crippen molar-refractivity contribution < 1.29 is 5.11 Å². The van der Waals surface area contributed by atoms with Gasteiger partial charge in [-0.3, -0.25) is 0 Å². The van der Waals surface area contributed by atoms with Crippen LogP contribution < -0.4 is 11.1 Å². The van der Waals surface area contributed by atoms with Gasteiger partial charge in [0.25, 0.3) is 0 Å². The predicted octanol–water partition coefficient (Wildman–Crippen LogP) is 0.0854. The molecule has 1 aliphatic heterocycles. The SMILES string of the molecule is CCC1C=CC(C(N)O)=CN1. The minimum Gasteiger partial charge on any atom is -0.384 e. The Morgan fingerprint density at radius 3 is 2.91 bits per heavy atom. The zero-order valence-electron chi connectivity index (χ0n) is 6.62. The van der Waals surface area contributed by atoms with Gasteiger partial charge in [0.15, 0.2) is 0 Å². The smallest absolute Gasteiger partial charge is 0.129 e. The lowest BCUT2D eigenvalue weighted by Gasteiger charge is -2.17. The van der Waals surface area contributed by atoms with Gasteiger partial charge in [-0.05, 0) is 6.42 Å². The fourth-order valence-corrected chi connectivity index (χ4v) is 0.972. The first-order valence-electron chi connectivity index (χ1n) is 3.82. The average Bonchev–Trinajstić information content (AvgIpc) is 2.05. The van der Waals surface area contributed by atoms with E-state index >= 15 is 0 Å². The van der Waals surface area contributed by atoms with Crippen molar-refractivity contribution in [2.75, 3.05) is 0 Å². The maximum atomic E-state index is 8.95. The Hall–Kier alpha value is -0.800. The van der Waals surface area contributed by atoms with Crippen LogP contribution in [0, 0.1) is 0 Å². The van der Waals surface area contributed by atoms with E-state index in [1.54, 1.807) is 6.20 Å². The lowest BCUT2D eigenvalue weighted by molar-refractivity contribution is 0.221. The Kier molecular flexibility index (Phi) is 2.68. The van der Waals surface area contributed by atoms with Gasteiger partial charge in [0.05, 0.1) is 0 Å². The van der Waals surface area contributed by atoms with Gasteiger partial charge < -0.3 is 16.2 Å². The molecule has 0 spiro atoms. The molecule has 0 aliphatic carbocycles. The number of aliphatic hydroxyl groups is 1. The third-order valence-electron chi connectivity index (χ3n) is 1.77. The molecule has 0 aromatic heterocycles. The summed E-state index contributed by atoms with van der Waals surface area (Å²) in [7, 11) is 0. The van der Waals surface area contributed by atoms with E-state index in [1.165, 1.54) is 0 Å². The molecule has 3 heteroatoms. The monoisotopic (exact) mass is 154 g/mol. The van der Waals surface area contributed by atoms with E-state index in [-0.39, 0.29) is 0 Å². The van der Waals surface area contributed by atoms with E-state index < -0.39 is 6.23 Å². The summed E-state index contributed by atoms with van der Waals surface area (Å²) in [4.78, 5) is 0. The molecule has 2 unspecified atom stereocenters. The first-order chi connectivity index (χ1) is 5.24. The summed E-state index contributed by atoms with van der Waals surface area (Å²) in [5.74, 6) is 0. The van der Waals surface area contributed by atoms with Crippen LogP contribution in [-0.2, 0) is 0 Å². The van der Waals surface area contributed by atoms with Crippen LogP contribution in [0.4, 0.5) is 0 Å². The molecule has 0 bridgehead atoms. The maximum absolute atomic E-state index is 8.95. The molecule has 0 amide bonds. The number of aliphatic hydroxyl groups excluding tert-OH is 1. The highest BCUT2D eigenvalue weighted by atomic mass is 16.3. The van der Waals surface area contributed by atoms with Crippen LogP contribution in [0.5, 0.6) is 0 Å². The first-order valence-corrected chi connectivity index (χ1v) is 3.82. The summed E-state index contributed by atoms with van der Waals surface area (Å²) in [5.41, 5.74) is 5.98. The van der Waals surface area contributed by atoms with Crippen LogP contribution in [0.2, 0.25) is 0 Å². The quantitative estimate of drug-likeness (QED) is 0.494. The van der Waals surface area contributed by atoms with Gasteiger partial charge in [-0.15, -0.1) is 0 Å². The Balaban J connectivity index is 2.53. The van der Waals surface area contributed by atoms with Crippen LogP contribution in [-0.4, -0.2) is 17.4 Å². The summed E-state index contributed by atoms with van der Waals surface area (Å²) >= 11 is 0. The molecule has 62 valence electrons. The van der Waals surface area contributed by atoms with Crippen molar-refractivity contribution in [1.29, 1.82) is 0 Å². The number of rotatable bonds is 2. The molecular weight excluding hydrogens is 140 g/mol. The second kappa shape index (κ2) is 3.55. The molecule has 1 rings (SSSR count). The second-order valence-electron chi connectivity index (χ2n) is 2.63. The summed E-state index contributed by atoms with van der Waals surface area (Å²) in [6, 6.07) is 0.387. The fraction of sp³-hybridized carbons (Fsp3) is 0.500. The van der Waals surface area contributed by atoms with Crippen molar-refractivity contribution >= 4 is 0 Å². The van der Waals surface area contributed by atoms with Crippen LogP contribution in [0.3, 0.4) is 0 Å². The number of nitrogens with one attached hydrogen (secondary N) is 1. The van der Waals surface area contributed by atoms with Crippen molar-refractivity contribution in [2.24, 2.45) is 5.73 Å². The van der Waals surface area contributed by atoms with Crippen molar-refractivity contribution in [1.82, 2.24) is 5.32 Å². The van der Waals surface area contributed by atoms with E-state index in [0.29, 0.717) is 6.04 Å².